The smallest absolute Gasteiger partial charge is 0.416 e. The zero-order valence-corrected chi connectivity index (χ0v) is 37.2. The molecule has 1 aliphatic heterocycles. The summed E-state index contributed by atoms with van der Waals surface area (Å²) >= 11 is 6.55. The van der Waals surface area contributed by atoms with Gasteiger partial charge in [0.2, 0.25) is 5.90 Å². The van der Waals surface area contributed by atoms with E-state index in [9.17, 15) is 45.5 Å². The molecule has 6 heterocycles. The molecular weight excluding hydrogens is 947 g/mol. The molecule has 2 aromatic carbocycles. The van der Waals surface area contributed by atoms with Crippen LogP contribution in [-0.2, 0) is 58.8 Å². The van der Waals surface area contributed by atoms with Crippen LogP contribution in [0.4, 0.5) is 32.2 Å². The molecule has 0 spiro atoms. The van der Waals surface area contributed by atoms with E-state index in [1.165, 1.54) is 82.4 Å². The van der Waals surface area contributed by atoms with Crippen LogP contribution in [0.25, 0.3) is 11.2 Å². The van der Waals surface area contributed by atoms with E-state index in [2.05, 4.69) is 37.8 Å². The van der Waals surface area contributed by atoms with E-state index < -0.39 is 46.0 Å². The molecule has 0 atom stereocenters. The summed E-state index contributed by atoms with van der Waals surface area (Å²) in [6.45, 7) is 4.20. The van der Waals surface area contributed by atoms with Crippen LogP contribution in [0.3, 0.4) is 0 Å². The Kier molecular flexibility index (Phi) is 13.5. The summed E-state index contributed by atoms with van der Waals surface area (Å²) in [5.41, 5.74) is -3.42. The highest BCUT2D eigenvalue weighted by molar-refractivity contribution is 9.08. The van der Waals surface area contributed by atoms with Crippen molar-refractivity contribution < 1.29 is 35.8 Å². The molecular formula is C40H35BrF6N8O6S2. The Labute approximate surface area is 368 Å². The van der Waals surface area contributed by atoms with Gasteiger partial charge >= 0.3 is 29.7 Å². The lowest BCUT2D eigenvalue weighted by Gasteiger charge is -2.11. The molecule has 0 saturated heterocycles. The highest BCUT2D eigenvalue weighted by atomic mass is 79.9. The Balaban J connectivity index is 0.000000182. The van der Waals surface area contributed by atoms with Crippen LogP contribution in [0.2, 0.25) is 0 Å². The summed E-state index contributed by atoms with van der Waals surface area (Å²) < 4.78 is 94.2. The fourth-order valence-corrected chi connectivity index (χ4v) is 8.13. The molecule has 0 unspecified atom stereocenters. The van der Waals surface area contributed by atoms with Crippen LogP contribution in [0, 0.1) is 13.8 Å². The number of benzene rings is 2. The minimum atomic E-state index is -4.53. The molecule has 0 N–H and O–H groups in total. The topological polar surface area (TPSA) is 150 Å². The molecule has 14 nitrogen and oxygen atoms in total. The average Bonchev–Trinajstić information content (AvgIpc) is 4.05. The van der Waals surface area contributed by atoms with Crippen LogP contribution in [0.5, 0.6) is 17.5 Å². The number of imidazole rings is 1. The van der Waals surface area contributed by atoms with E-state index in [1.807, 2.05) is 25.3 Å². The lowest BCUT2D eigenvalue weighted by molar-refractivity contribution is -0.138. The highest BCUT2D eigenvalue weighted by Crippen LogP contribution is 2.34. The van der Waals surface area contributed by atoms with Crippen molar-refractivity contribution in [2.75, 3.05) is 0 Å². The number of aromatic nitrogens is 7. The van der Waals surface area contributed by atoms with Gasteiger partial charge in [0, 0.05) is 49.0 Å². The molecule has 0 bridgehead atoms. The molecule has 7 aromatic rings. The second-order valence-electron chi connectivity index (χ2n) is 13.8. The van der Waals surface area contributed by atoms with Crippen molar-refractivity contribution in [1.29, 1.82) is 0 Å². The van der Waals surface area contributed by atoms with Gasteiger partial charge < -0.3 is 9.47 Å². The standard InChI is InChI=1S/C20H17F3N4O3S.C15H12F3N3O3.C5H6BrNS/c1-11-7-8-14(31-11)10-27-15-16(25(2)19(29)26(3)17(15)28)24-18(27)30-13-6-4-5-12(9-13)20(21,22)23;1-20-12-10(13(22)21(2)14(20)23)7-11(19-12)24-9-5-3-4-8(6-9)15(16,17)18;1-4-3-7-5(2-6)8-4/h4-9H,10H2,1-3H3;3-6H,7H2,1-2H3;3H,2H2,1H3. The molecule has 0 radical (unpaired) electrons. The third-order valence-electron chi connectivity index (χ3n) is 9.26. The van der Waals surface area contributed by atoms with Gasteiger partial charge in [0.1, 0.15) is 22.3 Å². The Hall–Kier alpha value is -6.07. The highest BCUT2D eigenvalue weighted by Gasteiger charge is 2.32. The third-order valence-corrected chi connectivity index (χ3v) is 12.1. The van der Waals surface area contributed by atoms with Crippen LogP contribution in [0.15, 0.2) is 91.0 Å². The molecule has 63 heavy (non-hydrogen) atoms. The fraction of sp³-hybridized carbons (Fsp3) is 0.275. The van der Waals surface area contributed by atoms with Gasteiger partial charge in [0.25, 0.3) is 11.1 Å². The molecule has 8 rings (SSSR count). The van der Waals surface area contributed by atoms with Crippen molar-refractivity contribution >= 4 is 61.5 Å². The molecule has 0 aliphatic carbocycles. The third kappa shape index (κ3) is 10.3. The lowest BCUT2D eigenvalue weighted by atomic mass is 10.2. The van der Waals surface area contributed by atoms with Crippen molar-refractivity contribution in [1.82, 2.24) is 32.8 Å². The Bertz CT molecular complexity index is 3120. The first-order valence-electron chi connectivity index (χ1n) is 18.3. The lowest BCUT2D eigenvalue weighted by Crippen LogP contribution is -2.38. The maximum atomic E-state index is 13.1. The number of ether oxygens (including phenoxy) is 2. The van der Waals surface area contributed by atoms with Crippen molar-refractivity contribution in [3.8, 4) is 17.5 Å². The van der Waals surface area contributed by atoms with Gasteiger partial charge in [-0.2, -0.15) is 36.3 Å². The van der Waals surface area contributed by atoms with Gasteiger partial charge in [-0.25, -0.2) is 14.6 Å². The molecule has 1 aliphatic rings. The van der Waals surface area contributed by atoms with E-state index in [0.29, 0.717) is 0 Å². The molecule has 5 aromatic heterocycles. The number of alkyl halides is 7. The Morgan fingerprint density at radius 3 is 1.84 bits per heavy atom. The number of rotatable bonds is 6. The number of hydrogen-bond donors (Lipinski definition) is 0. The van der Waals surface area contributed by atoms with E-state index >= 15 is 0 Å². The van der Waals surface area contributed by atoms with Gasteiger partial charge in [-0.1, -0.05) is 28.1 Å². The zero-order chi connectivity index (χ0) is 46.1. The largest absolute Gasteiger partial charge is 0.443 e. The summed E-state index contributed by atoms with van der Waals surface area (Å²) in [5, 5.41) is 2.04. The first-order valence-corrected chi connectivity index (χ1v) is 21.1. The number of fused-ring (bicyclic) bond motifs is 2. The van der Waals surface area contributed by atoms with Crippen LogP contribution >= 0.6 is 38.6 Å². The van der Waals surface area contributed by atoms with Gasteiger partial charge in [0.15, 0.2) is 11.2 Å². The van der Waals surface area contributed by atoms with Crippen LogP contribution in [0.1, 0.15) is 36.3 Å². The summed E-state index contributed by atoms with van der Waals surface area (Å²) in [6, 6.07) is 12.5. The maximum Gasteiger partial charge on any atom is 0.416 e. The first kappa shape index (κ1) is 46.4. The zero-order valence-electron chi connectivity index (χ0n) is 34.0. The van der Waals surface area contributed by atoms with Gasteiger partial charge in [-0.05, 0) is 62.4 Å². The van der Waals surface area contributed by atoms with Gasteiger partial charge in [-0.15, -0.1) is 22.7 Å². The van der Waals surface area contributed by atoms with Gasteiger partial charge in [-0.3, -0.25) is 32.4 Å². The number of thiophene rings is 1. The number of thiazole rings is 1. The van der Waals surface area contributed by atoms with Crippen molar-refractivity contribution in [3.63, 3.8) is 0 Å². The molecule has 0 saturated carbocycles. The monoisotopic (exact) mass is 980 g/mol. The maximum absolute atomic E-state index is 13.1. The molecule has 0 fully saturated rings. The second kappa shape index (κ2) is 18.3. The predicted octanol–water partition coefficient (Wildman–Crippen LogP) is 7.78. The summed E-state index contributed by atoms with van der Waals surface area (Å²) in [6.07, 6.45) is -7.12. The van der Waals surface area contributed by atoms with E-state index in [4.69, 9.17) is 9.47 Å². The number of aliphatic imine (C=N–C) groups is 1. The number of aryl methyl sites for hydroxylation is 3. The molecule has 0 amide bonds. The van der Waals surface area contributed by atoms with Crippen molar-refractivity contribution in [2.45, 2.75) is 44.5 Å². The van der Waals surface area contributed by atoms with E-state index in [-0.39, 0.29) is 58.9 Å². The predicted molar refractivity (Wildman–Crippen MR) is 229 cm³/mol. The second-order valence-corrected chi connectivity index (χ2v) is 17.1. The van der Waals surface area contributed by atoms with Gasteiger partial charge in [0.05, 0.1) is 35.0 Å². The SMILES string of the molecule is Cc1ccc(Cn2c(Oc3cccc(C(F)(F)F)c3)nc3c2c(=O)n(C)c(=O)n3C)s1.Cc1cnc(CBr)s1.Cn1c2c(c(=O)n(C)c1=O)CC(Oc1cccc(C(F)(F)F)c1)=N2. The van der Waals surface area contributed by atoms with Crippen LogP contribution in [-0.4, -0.2) is 38.7 Å². The van der Waals surface area contributed by atoms with E-state index in [0.717, 1.165) is 53.5 Å². The summed E-state index contributed by atoms with van der Waals surface area (Å²) in [4.78, 5) is 64.8. The minimum absolute atomic E-state index is 0.00632. The van der Waals surface area contributed by atoms with E-state index in [1.54, 1.807) is 11.3 Å². The fourth-order valence-electron chi connectivity index (χ4n) is 6.12. The Morgan fingerprint density at radius 1 is 0.730 bits per heavy atom. The van der Waals surface area contributed by atoms with Crippen LogP contribution < -0.4 is 32.0 Å². The molecule has 23 heteroatoms. The summed E-state index contributed by atoms with van der Waals surface area (Å²) in [5.74, 6) is 0.0847. The Morgan fingerprint density at radius 2 is 1.32 bits per heavy atom. The number of halogens is 7. The normalized spacial score (nSPS) is 12.3. The number of hydrogen-bond acceptors (Lipinski definition) is 11. The quantitative estimate of drug-likeness (QED) is 0.121. The first-order chi connectivity index (χ1) is 29.6. The van der Waals surface area contributed by atoms with Crippen molar-refractivity contribution in [3.05, 3.63) is 145 Å². The summed E-state index contributed by atoms with van der Waals surface area (Å²) in [7, 11) is 5.61. The van der Waals surface area contributed by atoms with Crippen molar-refractivity contribution in [2.24, 2.45) is 33.2 Å². The minimum Gasteiger partial charge on any atom is -0.443 e. The molecule has 332 valence electrons. The average molecular weight is 982 g/mol. The number of nitrogens with zero attached hydrogens (tertiary/aromatic N) is 8.